The van der Waals surface area contributed by atoms with Gasteiger partial charge in [0.05, 0.1) is 5.69 Å². The van der Waals surface area contributed by atoms with E-state index in [2.05, 4.69) is 24.3 Å². The highest BCUT2D eigenvalue weighted by Crippen LogP contribution is 2.30. The Morgan fingerprint density at radius 2 is 2.17 bits per heavy atom. The summed E-state index contributed by atoms with van der Waals surface area (Å²) < 4.78 is 1.90. The Hall–Kier alpha value is -1.09. The minimum atomic E-state index is 0.683. The largest absolute Gasteiger partial charge is 0.327 e. The van der Waals surface area contributed by atoms with Gasteiger partial charge < -0.3 is 5.73 Å². The summed E-state index contributed by atoms with van der Waals surface area (Å²) in [5, 5.41) is 4.49. The number of nitrogens with two attached hydrogens (primary N) is 1. The Bertz CT molecular complexity index is 411. The summed E-state index contributed by atoms with van der Waals surface area (Å²) in [5.41, 5.74) is 9.80. The van der Waals surface area contributed by atoms with Crippen LogP contribution in [-0.2, 0) is 13.5 Å². The van der Waals surface area contributed by atoms with Gasteiger partial charge in [-0.15, -0.1) is 0 Å². The average molecular weight is 247 g/mol. The third kappa shape index (κ3) is 3.02. The fourth-order valence-corrected chi connectivity index (χ4v) is 2.96. The van der Waals surface area contributed by atoms with Gasteiger partial charge in [-0.25, -0.2) is 0 Å². The van der Waals surface area contributed by atoms with Crippen LogP contribution in [0.25, 0.3) is 6.08 Å². The summed E-state index contributed by atoms with van der Waals surface area (Å²) in [6.45, 7) is 2.84. The first-order valence-corrected chi connectivity index (χ1v) is 7.17. The molecule has 0 atom stereocenters. The standard InChI is InChI=1S/C15H25N3/c1-3-15-14(11-18(2)17-15)9-13(10-16)12-7-5-4-6-8-12/h9,11-12H,3-8,10,16H2,1-2H3/b13-9-. The number of hydrogen-bond donors (Lipinski definition) is 1. The second kappa shape index (κ2) is 6.19. The molecule has 0 amide bonds. The lowest BCUT2D eigenvalue weighted by Crippen LogP contribution is -2.16. The molecule has 0 spiro atoms. The van der Waals surface area contributed by atoms with E-state index in [4.69, 9.17) is 5.73 Å². The molecule has 1 aliphatic carbocycles. The lowest BCUT2D eigenvalue weighted by molar-refractivity contribution is 0.401. The average Bonchev–Trinajstić information content (AvgIpc) is 2.77. The summed E-state index contributed by atoms with van der Waals surface area (Å²) in [6.07, 6.45) is 12.1. The van der Waals surface area contributed by atoms with Gasteiger partial charge in [0.2, 0.25) is 0 Å². The molecule has 0 radical (unpaired) electrons. The lowest BCUT2D eigenvalue weighted by Gasteiger charge is -2.23. The minimum absolute atomic E-state index is 0.683. The lowest BCUT2D eigenvalue weighted by atomic mass is 9.83. The Labute approximate surface area is 110 Å². The molecule has 3 heteroatoms. The Balaban J connectivity index is 2.21. The van der Waals surface area contributed by atoms with Gasteiger partial charge in [0, 0.05) is 25.4 Å². The van der Waals surface area contributed by atoms with E-state index in [-0.39, 0.29) is 0 Å². The van der Waals surface area contributed by atoms with Crippen LogP contribution in [0, 0.1) is 5.92 Å². The molecule has 18 heavy (non-hydrogen) atoms. The van der Waals surface area contributed by atoms with Crippen LogP contribution in [0.15, 0.2) is 11.8 Å². The van der Waals surface area contributed by atoms with E-state index in [1.807, 2.05) is 11.7 Å². The molecule has 0 bridgehead atoms. The molecule has 0 saturated heterocycles. The van der Waals surface area contributed by atoms with Crippen molar-refractivity contribution < 1.29 is 0 Å². The van der Waals surface area contributed by atoms with Crippen molar-refractivity contribution in [3.8, 4) is 0 Å². The van der Waals surface area contributed by atoms with Gasteiger partial charge >= 0.3 is 0 Å². The monoisotopic (exact) mass is 247 g/mol. The van der Waals surface area contributed by atoms with Gasteiger partial charge in [-0.05, 0) is 25.2 Å². The van der Waals surface area contributed by atoms with Crippen LogP contribution in [0.5, 0.6) is 0 Å². The highest BCUT2D eigenvalue weighted by molar-refractivity contribution is 5.55. The number of nitrogens with zero attached hydrogens (tertiary/aromatic N) is 2. The normalized spacial score (nSPS) is 18.3. The molecule has 2 N–H and O–H groups in total. The van der Waals surface area contributed by atoms with Gasteiger partial charge in [-0.2, -0.15) is 5.10 Å². The van der Waals surface area contributed by atoms with Crippen LogP contribution < -0.4 is 5.73 Å². The topological polar surface area (TPSA) is 43.8 Å². The van der Waals surface area contributed by atoms with Crippen molar-refractivity contribution in [3.63, 3.8) is 0 Å². The zero-order valence-corrected chi connectivity index (χ0v) is 11.7. The maximum absolute atomic E-state index is 5.95. The molecule has 0 aliphatic heterocycles. The van der Waals surface area contributed by atoms with E-state index in [0.29, 0.717) is 12.5 Å². The minimum Gasteiger partial charge on any atom is -0.327 e. The van der Waals surface area contributed by atoms with Crippen molar-refractivity contribution in [3.05, 3.63) is 23.0 Å². The van der Waals surface area contributed by atoms with Crippen LogP contribution in [0.3, 0.4) is 0 Å². The van der Waals surface area contributed by atoms with E-state index in [1.54, 1.807) is 0 Å². The molecule has 0 unspecified atom stereocenters. The quantitative estimate of drug-likeness (QED) is 0.889. The molecular formula is C15H25N3. The molecule has 1 aromatic heterocycles. The van der Waals surface area contributed by atoms with Gasteiger partial charge in [0.15, 0.2) is 0 Å². The van der Waals surface area contributed by atoms with Crippen LogP contribution >= 0.6 is 0 Å². The molecule has 1 aliphatic rings. The zero-order valence-electron chi connectivity index (χ0n) is 11.7. The van der Waals surface area contributed by atoms with E-state index in [1.165, 1.54) is 48.9 Å². The van der Waals surface area contributed by atoms with Crippen LogP contribution in [0.2, 0.25) is 0 Å². The second-order valence-electron chi connectivity index (χ2n) is 5.32. The molecule has 0 aromatic carbocycles. The number of aryl methyl sites for hydroxylation is 2. The third-order valence-electron chi connectivity index (χ3n) is 3.98. The Morgan fingerprint density at radius 3 is 2.78 bits per heavy atom. The molecule has 1 aromatic rings. The maximum atomic E-state index is 5.95. The van der Waals surface area contributed by atoms with Crippen molar-refractivity contribution in [2.45, 2.75) is 45.4 Å². The molecule has 100 valence electrons. The summed E-state index contributed by atoms with van der Waals surface area (Å²) >= 11 is 0. The number of aromatic nitrogens is 2. The fourth-order valence-electron chi connectivity index (χ4n) is 2.96. The van der Waals surface area contributed by atoms with Crippen molar-refractivity contribution in [2.24, 2.45) is 18.7 Å². The number of rotatable bonds is 4. The van der Waals surface area contributed by atoms with Gasteiger partial charge in [-0.1, -0.05) is 37.8 Å². The molecule has 2 rings (SSSR count). The SMILES string of the molecule is CCc1nn(C)cc1/C=C(/CN)C1CCCCC1. The van der Waals surface area contributed by atoms with Gasteiger partial charge in [0.1, 0.15) is 0 Å². The van der Waals surface area contributed by atoms with E-state index in [0.717, 1.165) is 6.42 Å². The molecule has 1 fully saturated rings. The van der Waals surface area contributed by atoms with Crippen molar-refractivity contribution in [2.75, 3.05) is 6.54 Å². The van der Waals surface area contributed by atoms with Crippen LogP contribution in [-0.4, -0.2) is 16.3 Å². The third-order valence-corrected chi connectivity index (χ3v) is 3.98. The summed E-state index contributed by atoms with van der Waals surface area (Å²) in [6, 6.07) is 0. The summed E-state index contributed by atoms with van der Waals surface area (Å²) in [5.74, 6) is 0.702. The van der Waals surface area contributed by atoms with E-state index in [9.17, 15) is 0 Å². The summed E-state index contributed by atoms with van der Waals surface area (Å²) in [4.78, 5) is 0. The van der Waals surface area contributed by atoms with Crippen molar-refractivity contribution in [1.82, 2.24) is 9.78 Å². The van der Waals surface area contributed by atoms with Crippen LogP contribution in [0.4, 0.5) is 0 Å². The predicted octanol–water partition coefficient (Wildman–Crippen LogP) is 2.90. The first-order valence-electron chi connectivity index (χ1n) is 7.17. The molecule has 1 heterocycles. The Kier molecular flexibility index (Phi) is 4.59. The van der Waals surface area contributed by atoms with Crippen molar-refractivity contribution in [1.29, 1.82) is 0 Å². The second-order valence-corrected chi connectivity index (χ2v) is 5.32. The highest BCUT2D eigenvalue weighted by atomic mass is 15.2. The van der Waals surface area contributed by atoms with Crippen molar-refractivity contribution >= 4 is 6.08 Å². The molecular weight excluding hydrogens is 222 g/mol. The fraction of sp³-hybridized carbons (Fsp3) is 0.667. The smallest absolute Gasteiger partial charge is 0.0694 e. The first-order chi connectivity index (χ1) is 8.74. The predicted molar refractivity (Wildman–Crippen MR) is 76.2 cm³/mol. The van der Waals surface area contributed by atoms with E-state index < -0.39 is 0 Å². The first kappa shape index (κ1) is 13.3. The Morgan fingerprint density at radius 1 is 1.44 bits per heavy atom. The maximum Gasteiger partial charge on any atom is 0.0694 e. The molecule has 1 saturated carbocycles. The number of hydrogen-bond acceptors (Lipinski definition) is 2. The van der Waals surface area contributed by atoms with E-state index >= 15 is 0 Å². The highest BCUT2D eigenvalue weighted by Gasteiger charge is 2.17. The summed E-state index contributed by atoms with van der Waals surface area (Å²) in [7, 11) is 1.99. The van der Waals surface area contributed by atoms with Gasteiger partial charge in [-0.3, -0.25) is 4.68 Å². The van der Waals surface area contributed by atoms with Gasteiger partial charge in [0.25, 0.3) is 0 Å². The van der Waals surface area contributed by atoms with Crippen LogP contribution in [0.1, 0.15) is 50.3 Å². The zero-order chi connectivity index (χ0) is 13.0. The molecule has 3 nitrogen and oxygen atoms in total.